The van der Waals surface area contributed by atoms with Crippen molar-refractivity contribution in [2.75, 3.05) is 23.8 Å². The molecular weight excluding hydrogens is 416 g/mol. The number of carboxylic acids is 1. The van der Waals surface area contributed by atoms with Gasteiger partial charge in [-0.3, -0.25) is 18.7 Å². The third kappa shape index (κ3) is 3.35. The van der Waals surface area contributed by atoms with Crippen LogP contribution in [0.5, 0.6) is 5.88 Å². The van der Waals surface area contributed by atoms with Crippen LogP contribution >= 0.6 is 11.6 Å². The zero-order valence-electron chi connectivity index (χ0n) is 15.4. The molecule has 0 unspecified atom stereocenters. The summed E-state index contributed by atoms with van der Waals surface area (Å²) in [5, 5.41) is 9.08. The number of carbonyl (C=O) groups is 2. The molecule has 0 bridgehead atoms. The first kappa shape index (κ1) is 19.5. The molecule has 3 aromatic rings. The Morgan fingerprint density at radius 2 is 2.07 bits per heavy atom. The molecule has 0 atom stereocenters. The Morgan fingerprint density at radius 1 is 1.27 bits per heavy atom. The number of fused-ring (bicyclic) bond motifs is 1. The summed E-state index contributed by atoms with van der Waals surface area (Å²) in [4.78, 5) is 45.5. The summed E-state index contributed by atoms with van der Waals surface area (Å²) in [6.07, 6.45) is 4.00. The van der Waals surface area contributed by atoms with E-state index in [2.05, 4.69) is 9.97 Å². The van der Waals surface area contributed by atoms with Gasteiger partial charge in [-0.1, -0.05) is 11.6 Å². The van der Waals surface area contributed by atoms with Gasteiger partial charge in [0.25, 0.3) is 5.91 Å². The summed E-state index contributed by atoms with van der Waals surface area (Å²) >= 11 is 6.39. The molecule has 0 saturated carbocycles. The van der Waals surface area contributed by atoms with E-state index in [0.29, 0.717) is 11.4 Å². The van der Waals surface area contributed by atoms with Crippen molar-refractivity contribution in [3.05, 3.63) is 58.0 Å². The molecule has 11 nitrogen and oxygen atoms in total. The lowest BCUT2D eigenvalue weighted by atomic mass is 10.2. The average molecular weight is 431 g/mol. The predicted molar refractivity (Wildman–Crippen MR) is 106 cm³/mol. The number of amides is 1. The number of imidazole rings is 1. The highest BCUT2D eigenvalue weighted by Crippen LogP contribution is 2.30. The van der Waals surface area contributed by atoms with E-state index in [1.807, 2.05) is 0 Å². The van der Waals surface area contributed by atoms with Gasteiger partial charge in [0.1, 0.15) is 30.9 Å². The SMILES string of the molecule is Nc1ncnc2c1C(=O)N(c1ccc(-n3ccn(CC(=O)O)c3=O)c(Cl)c1)CCO2. The monoisotopic (exact) mass is 430 g/mol. The Hall–Kier alpha value is -3.86. The number of hydrogen-bond acceptors (Lipinski definition) is 7. The van der Waals surface area contributed by atoms with Crippen molar-refractivity contribution in [3.8, 4) is 11.6 Å². The van der Waals surface area contributed by atoms with Crippen LogP contribution in [0.4, 0.5) is 11.5 Å². The second kappa shape index (κ2) is 7.52. The van der Waals surface area contributed by atoms with Gasteiger partial charge in [-0.15, -0.1) is 0 Å². The molecule has 0 saturated heterocycles. The number of anilines is 2. The Bertz CT molecular complexity index is 1220. The van der Waals surface area contributed by atoms with Gasteiger partial charge >= 0.3 is 11.7 Å². The summed E-state index contributed by atoms with van der Waals surface area (Å²) in [6.45, 7) is -0.0575. The lowest BCUT2D eigenvalue weighted by molar-refractivity contribution is -0.137. The van der Waals surface area contributed by atoms with E-state index in [9.17, 15) is 14.4 Å². The first-order valence-corrected chi connectivity index (χ1v) is 9.09. The number of hydrogen-bond donors (Lipinski definition) is 2. The topological polar surface area (TPSA) is 146 Å². The van der Waals surface area contributed by atoms with Gasteiger partial charge < -0.3 is 20.5 Å². The summed E-state index contributed by atoms with van der Waals surface area (Å²) in [6, 6.07) is 4.71. The van der Waals surface area contributed by atoms with E-state index >= 15 is 0 Å². The van der Waals surface area contributed by atoms with Gasteiger partial charge in [0, 0.05) is 18.1 Å². The molecule has 154 valence electrons. The zero-order valence-corrected chi connectivity index (χ0v) is 16.1. The number of carbonyl (C=O) groups excluding carboxylic acids is 1. The molecular formula is C18H15ClN6O5. The fraction of sp³-hybridized carbons (Fsp3) is 0.167. The number of aromatic nitrogens is 4. The fourth-order valence-corrected chi connectivity index (χ4v) is 3.40. The first-order chi connectivity index (χ1) is 14.4. The molecule has 1 aromatic carbocycles. The van der Waals surface area contributed by atoms with Crippen molar-refractivity contribution in [3.63, 3.8) is 0 Å². The third-order valence-electron chi connectivity index (χ3n) is 4.51. The highest BCUT2D eigenvalue weighted by Gasteiger charge is 2.29. The molecule has 30 heavy (non-hydrogen) atoms. The minimum Gasteiger partial charge on any atom is -0.480 e. The van der Waals surface area contributed by atoms with E-state index in [-0.39, 0.29) is 35.4 Å². The van der Waals surface area contributed by atoms with Crippen LogP contribution in [0, 0.1) is 0 Å². The molecule has 12 heteroatoms. The van der Waals surface area contributed by atoms with E-state index in [1.54, 1.807) is 12.1 Å². The van der Waals surface area contributed by atoms with Crippen molar-refractivity contribution in [1.82, 2.24) is 19.1 Å². The Kier molecular flexibility index (Phi) is 4.88. The maximum Gasteiger partial charge on any atom is 0.333 e. The van der Waals surface area contributed by atoms with E-state index in [0.717, 1.165) is 4.57 Å². The average Bonchev–Trinajstić information content (AvgIpc) is 2.94. The van der Waals surface area contributed by atoms with Crippen LogP contribution in [0.3, 0.4) is 0 Å². The van der Waals surface area contributed by atoms with Crippen LogP contribution in [-0.2, 0) is 11.3 Å². The number of carboxylic acid groups (broad SMARTS) is 1. The van der Waals surface area contributed by atoms with Crippen molar-refractivity contribution >= 4 is 35.0 Å². The maximum absolute atomic E-state index is 13.0. The largest absolute Gasteiger partial charge is 0.480 e. The quantitative estimate of drug-likeness (QED) is 0.617. The Morgan fingerprint density at radius 3 is 2.80 bits per heavy atom. The number of halogens is 1. The number of benzene rings is 1. The molecule has 0 aliphatic carbocycles. The number of ether oxygens (including phenoxy) is 1. The Labute approximate surface area is 173 Å². The molecule has 3 heterocycles. The Balaban J connectivity index is 1.70. The number of nitrogen functional groups attached to an aromatic ring is 1. The molecule has 3 N–H and O–H groups in total. The second-order valence-electron chi connectivity index (χ2n) is 6.35. The number of nitrogens with zero attached hydrogens (tertiary/aromatic N) is 5. The van der Waals surface area contributed by atoms with Gasteiger partial charge in [-0.05, 0) is 18.2 Å². The van der Waals surface area contributed by atoms with E-state index in [4.69, 9.17) is 27.2 Å². The summed E-state index contributed by atoms with van der Waals surface area (Å²) in [5.41, 5.74) is 6.16. The molecule has 4 rings (SSSR count). The smallest absolute Gasteiger partial charge is 0.333 e. The maximum atomic E-state index is 13.0. The summed E-state index contributed by atoms with van der Waals surface area (Å²) in [5.74, 6) is -1.45. The van der Waals surface area contributed by atoms with E-state index < -0.39 is 24.1 Å². The van der Waals surface area contributed by atoms with E-state index in [1.165, 1.54) is 34.3 Å². The molecule has 1 aliphatic rings. The van der Waals surface area contributed by atoms with Crippen LogP contribution < -0.4 is 21.1 Å². The van der Waals surface area contributed by atoms with Gasteiger partial charge in [0.05, 0.1) is 17.3 Å². The lowest BCUT2D eigenvalue weighted by Crippen LogP contribution is -2.33. The minimum atomic E-state index is -1.14. The first-order valence-electron chi connectivity index (χ1n) is 8.71. The molecule has 1 aliphatic heterocycles. The number of aliphatic carboxylic acids is 1. The molecule has 0 fully saturated rings. The third-order valence-corrected chi connectivity index (χ3v) is 4.81. The van der Waals surface area contributed by atoms with Gasteiger partial charge in [-0.25, -0.2) is 14.8 Å². The molecule has 0 spiro atoms. The fourth-order valence-electron chi connectivity index (χ4n) is 3.13. The number of rotatable bonds is 4. The van der Waals surface area contributed by atoms with Crippen molar-refractivity contribution < 1.29 is 19.4 Å². The van der Waals surface area contributed by atoms with Crippen molar-refractivity contribution in [2.45, 2.75) is 6.54 Å². The van der Waals surface area contributed by atoms with Crippen molar-refractivity contribution in [2.24, 2.45) is 0 Å². The van der Waals surface area contributed by atoms with Gasteiger partial charge in [-0.2, -0.15) is 0 Å². The lowest BCUT2D eigenvalue weighted by Gasteiger charge is -2.21. The van der Waals surface area contributed by atoms with Crippen LogP contribution in [0.15, 0.2) is 41.7 Å². The molecule has 2 aromatic heterocycles. The minimum absolute atomic E-state index is 0.00550. The van der Waals surface area contributed by atoms with Crippen LogP contribution in [0.2, 0.25) is 5.02 Å². The highest BCUT2D eigenvalue weighted by molar-refractivity contribution is 6.32. The van der Waals surface area contributed by atoms with Crippen molar-refractivity contribution in [1.29, 1.82) is 0 Å². The summed E-state index contributed by atoms with van der Waals surface area (Å²) in [7, 11) is 0. The highest BCUT2D eigenvalue weighted by atomic mass is 35.5. The van der Waals surface area contributed by atoms with Crippen LogP contribution in [-0.4, -0.2) is 49.2 Å². The number of nitrogens with two attached hydrogens (primary N) is 1. The normalized spacial score (nSPS) is 13.5. The standard InChI is InChI=1S/C18H15ClN6O5/c19-11-7-10(1-2-12(11)25-4-3-23(18(25)29)8-13(26)27)24-5-6-30-16-14(17(24)28)15(20)21-9-22-16/h1-4,7,9H,5-6,8H2,(H,26,27)(H2,20,21,22). The zero-order chi connectivity index (χ0) is 21.4. The van der Waals surface area contributed by atoms with Crippen LogP contribution in [0.1, 0.15) is 10.4 Å². The van der Waals surface area contributed by atoms with Gasteiger partial charge in [0.15, 0.2) is 0 Å². The predicted octanol–water partition coefficient (Wildman–Crippen LogP) is 0.788. The van der Waals surface area contributed by atoms with Crippen LogP contribution in [0.25, 0.3) is 5.69 Å². The van der Waals surface area contributed by atoms with Gasteiger partial charge in [0.2, 0.25) is 5.88 Å². The summed E-state index contributed by atoms with van der Waals surface area (Å²) < 4.78 is 7.77. The molecule has 0 radical (unpaired) electrons. The second-order valence-corrected chi connectivity index (χ2v) is 6.76. The molecule has 1 amide bonds.